The maximum absolute atomic E-state index is 14.1. The smallest absolute Gasteiger partial charge is 0.279 e. The minimum atomic E-state index is -1.32. The molecule has 156 valence electrons. The highest BCUT2D eigenvalue weighted by atomic mass is 127. The zero-order chi connectivity index (χ0) is 21.6. The SMILES string of the molecule is CCCCN1C(=O)C2(Nc3ccccc3C(=O)N2c2ccc(I)cc2)c2ccccc21. The van der Waals surface area contributed by atoms with Gasteiger partial charge in [0.25, 0.3) is 11.8 Å². The Morgan fingerprint density at radius 1 is 0.935 bits per heavy atom. The fraction of sp³-hybridized carbons (Fsp3) is 0.200. The molecule has 2 heterocycles. The van der Waals surface area contributed by atoms with Crippen molar-refractivity contribution in [1.29, 1.82) is 0 Å². The van der Waals surface area contributed by atoms with Crippen LogP contribution in [0.15, 0.2) is 72.8 Å². The number of halogens is 1. The van der Waals surface area contributed by atoms with E-state index in [1.54, 1.807) is 11.0 Å². The van der Waals surface area contributed by atoms with Crippen molar-refractivity contribution in [2.24, 2.45) is 0 Å². The van der Waals surface area contributed by atoms with E-state index in [1.165, 1.54) is 0 Å². The molecule has 0 aromatic heterocycles. The Balaban J connectivity index is 1.77. The number of hydrogen-bond donors (Lipinski definition) is 1. The first-order valence-corrected chi connectivity index (χ1v) is 11.5. The third-order valence-corrected chi connectivity index (χ3v) is 6.69. The molecule has 0 saturated heterocycles. The summed E-state index contributed by atoms with van der Waals surface area (Å²) in [6, 6.07) is 22.9. The molecule has 31 heavy (non-hydrogen) atoms. The van der Waals surface area contributed by atoms with Crippen LogP contribution in [-0.4, -0.2) is 18.4 Å². The molecule has 6 heteroatoms. The third kappa shape index (κ3) is 2.96. The average molecular weight is 523 g/mol. The van der Waals surface area contributed by atoms with Gasteiger partial charge in [0.15, 0.2) is 0 Å². The summed E-state index contributed by atoms with van der Waals surface area (Å²) < 4.78 is 1.07. The van der Waals surface area contributed by atoms with Gasteiger partial charge in [-0.25, -0.2) is 0 Å². The molecule has 2 aliphatic rings. The molecular formula is C25H22IN3O2. The van der Waals surface area contributed by atoms with E-state index >= 15 is 0 Å². The zero-order valence-electron chi connectivity index (χ0n) is 17.1. The van der Waals surface area contributed by atoms with Gasteiger partial charge in [0.05, 0.1) is 11.3 Å². The lowest BCUT2D eigenvalue weighted by molar-refractivity contribution is -0.122. The van der Waals surface area contributed by atoms with Crippen LogP contribution in [0, 0.1) is 3.57 Å². The van der Waals surface area contributed by atoms with Crippen LogP contribution in [0.25, 0.3) is 0 Å². The van der Waals surface area contributed by atoms with Gasteiger partial charge in [-0.1, -0.05) is 43.7 Å². The second-order valence-corrected chi connectivity index (χ2v) is 9.07. The van der Waals surface area contributed by atoms with Gasteiger partial charge in [0.1, 0.15) is 0 Å². The Kier molecular flexibility index (Phi) is 4.97. The molecule has 0 fully saturated rings. The largest absolute Gasteiger partial charge is 0.350 e. The number of nitrogens with zero attached hydrogens (tertiary/aromatic N) is 2. The predicted molar refractivity (Wildman–Crippen MR) is 131 cm³/mol. The molecule has 2 aliphatic heterocycles. The number of para-hydroxylation sites is 2. The molecule has 5 rings (SSSR count). The van der Waals surface area contributed by atoms with Gasteiger partial charge < -0.3 is 10.2 Å². The predicted octanol–water partition coefficient (Wildman–Crippen LogP) is 5.36. The monoisotopic (exact) mass is 523 g/mol. The average Bonchev–Trinajstić information content (AvgIpc) is 3.02. The first kappa shape index (κ1) is 20.1. The van der Waals surface area contributed by atoms with Crippen molar-refractivity contribution < 1.29 is 9.59 Å². The standard InChI is InChI=1S/C25H22IN3O2/c1-2-3-16-28-22-11-7-5-9-20(22)25(24(28)31)27-21-10-6-4-8-19(21)23(30)29(25)18-14-12-17(26)13-15-18/h4-15,27H,2-3,16H2,1H3. The van der Waals surface area contributed by atoms with Gasteiger partial charge in [-0.15, -0.1) is 0 Å². The van der Waals surface area contributed by atoms with E-state index in [0.717, 1.165) is 27.7 Å². The van der Waals surface area contributed by atoms with Crippen molar-refractivity contribution in [1.82, 2.24) is 0 Å². The topological polar surface area (TPSA) is 52.7 Å². The van der Waals surface area contributed by atoms with E-state index < -0.39 is 5.66 Å². The molecule has 5 nitrogen and oxygen atoms in total. The number of anilines is 3. The number of benzene rings is 3. The number of rotatable bonds is 4. The Morgan fingerprint density at radius 2 is 1.65 bits per heavy atom. The number of carbonyl (C=O) groups excluding carboxylic acids is 2. The fourth-order valence-corrected chi connectivity index (χ4v) is 4.87. The summed E-state index contributed by atoms with van der Waals surface area (Å²) >= 11 is 2.24. The van der Waals surface area contributed by atoms with Gasteiger partial charge in [-0.05, 0) is 71.5 Å². The highest BCUT2D eigenvalue weighted by Crippen LogP contribution is 2.49. The summed E-state index contributed by atoms with van der Waals surface area (Å²) in [6.45, 7) is 2.73. The van der Waals surface area contributed by atoms with Crippen LogP contribution >= 0.6 is 22.6 Å². The summed E-state index contributed by atoms with van der Waals surface area (Å²) in [5.74, 6) is -0.306. The number of carbonyl (C=O) groups is 2. The summed E-state index contributed by atoms with van der Waals surface area (Å²) in [5, 5.41) is 3.49. The van der Waals surface area contributed by atoms with E-state index in [2.05, 4.69) is 34.8 Å². The summed E-state index contributed by atoms with van der Waals surface area (Å²) in [5.41, 5.74) is 2.27. The van der Waals surface area contributed by atoms with E-state index in [4.69, 9.17) is 0 Å². The van der Waals surface area contributed by atoms with E-state index in [-0.39, 0.29) is 11.8 Å². The molecule has 0 radical (unpaired) electrons. The molecule has 0 bridgehead atoms. The minimum Gasteiger partial charge on any atom is -0.350 e. The molecule has 1 spiro atoms. The van der Waals surface area contributed by atoms with Gasteiger partial charge in [-0.2, -0.15) is 0 Å². The zero-order valence-corrected chi connectivity index (χ0v) is 19.3. The van der Waals surface area contributed by atoms with Crippen LogP contribution in [0.4, 0.5) is 17.1 Å². The van der Waals surface area contributed by atoms with Crippen molar-refractivity contribution in [3.05, 3.63) is 87.5 Å². The summed E-state index contributed by atoms with van der Waals surface area (Å²) in [4.78, 5) is 31.4. The number of unbranched alkanes of at least 4 members (excludes halogenated alkanes) is 1. The van der Waals surface area contributed by atoms with Gasteiger partial charge in [-0.3, -0.25) is 14.5 Å². The van der Waals surface area contributed by atoms with Crippen LogP contribution in [0.1, 0.15) is 35.7 Å². The van der Waals surface area contributed by atoms with Crippen LogP contribution < -0.4 is 15.1 Å². The highest BCUT2D eigenvalue weighted by molar-refractivity contribution is 14.1. The Hall–Kier alpha value is -2.87. The molecular weight excluding hydrogens is 501 g/mol. The molecule has 3 aromatic carbocycles. The quantitative estimate of drug-likeness (QED) is 0.469. The molecule has 1 atom stereocenters. The van der Waals surface area contributed by atoms with Gasteiger partial charge in [0.2, 0.25) is 5.66 Å². The molecule has 0 aliphatic carbocycles. The van der Waals surface area contributed by atoms with E-state index in [9.17, 15) is 9.59 Å². The number of nitrogens with one attached hydrogen (secondary N) is 1. The fourth-order valence-electron chi connectivity index (χ4n) is 4.51. The lowest BCUT2D eigenvalue weighted by Crippen LogP contribution is -2.63. The number of fused-ring (bicyclic) bond motifs is 3. The van der Waals surface area contributed by atoms with Crippen LogP contribution in [-0.2, 0) is 10.5 Å². The van der Waals surface area contributed by atoms with Crippen LogP contribution in [0.5, 0.6) is 0 Å². The molecule has 3 aromatic rings. The van der Waals surface area contributed by atoms with Crippen molar-refractivity contribution in [2.75, 3.05) is 21.7 Å². The second kappa shape index (κ2) is 7.67. The summed E-state index contributed by atoms with van der Waals surface area (Å²) in [6.07, 6.45) is 1.87. The number of amides is 2. The van der Waals surface area contributed by atoms with Crippen molar-refractivity contribution in [2.45, 2.75) is 25.4 Å². The molecule has 0 saturated carbocycles. The Labute approximate surface area is 195 Å². The van der Waals surface area contributed by atoms with Crippen molar-refractivity contribution in [3.8, 4) is 0 Å². The van der Waals surface area contributed by atoms with E-state index in [0.29, 0.717) is 23.5 Å². The van der Waals surface area contributed by atoms with Crippen molar-refractivity contribution in [3.63, 3.8) is 0 Å². The van der Waals surface area contributed by atoms with Crippen LogP contribution in [0.2, 0.25) is 0 Å². The molecule has 1 N–H and O–H groups in total. The maximum atomic E-state index is 14.1. The third-order valence-electron chi connectivity index (χ3n) is 5.97. The first-order valence-electron chi connectivity index (χ1n) is 10.5. The second-order valence-electron chi connectivity index (χ2n) is 7.83. The number of hydrogen-bond acceptors (Lipinski definition) is 3. The first-order chi connectivity index (χ1) is 15.1. The minimum absolute atomic E-state index is 0.122. The van der Waals surface area contributed by atoms with Gasteiger partial charge in [0, 0.05) is 27.1 Å². The maximum Gasteiger partial charge on any atom is 0.279 e. The van der Waals surface area contributed by atoms with Crippen LogP contribution in [0.3, 0.4) is 0 Å². The lowest BCUT2D eigenvalue weighted by Gasteiger charge is -2.45. The molecule has 1 unspecified atom stereocenters. The Bertz CT molecular complexity index is 1180. The Morgan fingerprint density at radius 3 is 2.42 bits per heavy atom. The van der Waals surface area contributed by atoms with Crippen molar-refractivity contribution >= 4 is 51.5 Å². The van der Waals surface area contributed by atoms with E-state index in [1.807, 2.05) is 71.6 Å². The normalized spacial score (nSPS) is 19.4. The summed E-state index contributed by atoms with van der Waals surface area (Å²) in [7, 11) is 0. The molecule has 2 amide bonds. The van der Waals surface area contributed by atoms with Gasteiger partial charge >= 0.3 is 0 Å². The lowest BCUT2D eigenvalue weighted by atomic mass is 9.92. The highest BCUT2D eigenvalue weighted by Gasteiger charge is 2.59.